The third-order valence-electron chi connectivity index (χ3n) is 8.18. The van der Waals surface area contributed by atoms with Gasteiger partial charge in [-0.05, 0) is 68.9 Å². The third-order valence-corrected chi connectivity index (χ3v) is 8.47. The minimum Gasteiger partial charge on any atom is -0.496 e. The first-order chi connectivity index (χ1) is 22.0. The van der Waals surface area contributed by atoms with Crippen LogP contribution in [0.2, 0.25) is 5.02 Å². The Morgan fingerprint density at radius 2 is 1.77 bits per heavy atom. The Morgan fingerprint density at radius 1 is 1.09 bits per heavy atom. The zero-order valence-electron chi connectivity index (χ0n) is 28.3. The summed E-state index contributed by atoms with van der Waals surface area (Å²) in [4.78, 5) is 51.7. The smallest absolute Gasteiger partial charge is 0.410 e. The van der Waals surface area contributed by atoms with Crippen LogP contribution in [0.5, 0.6) is 5.75 Å². The van der Waals surface area contributed by atoms with Crippen LogP contribution in [0.15, 0.2) is 46.1 Å². The molecule has 0 unspecified atom stereocenters. The number of pyridine rings is 2. The summed E-state index contributed by atoms with van der Waals surface area (Å²) in [5.74, 6) is 0.368. The van der Waals surface area contributed by atoms with Crippen molar-refractivity contribution in [2.75, 3.05) is 20.2 Å². The molecule has 1 aliphatic heterocycles. The SMILES string of the molecule is COc1cccc(C)c1-c1nc2c(cc1Cl)n(CC1(F)CN(C(=O)OC(C)(C)C)C1)c(=O)c(=O)n2-c1c(C(C)C)ccnc1C(C)C. The summed E-state index contributed by atoms with van der Waals surface area (Å²) >= 11 is 6.91. The molecule has 0 spiro atoms. The van der Waals surface area contributed by atoms with Crippen molar-refractivity contribution in [3.63, 3.8) is 0 Å². The Hall–Kier alpha value is -4.25. The fourth-order valence-corrected chi connectivity index (χ4v) is 6.24. The summed E-state index contributed by atoms with van der Waals surface area (Å²) in [6, 6.07) is 8.89. The minimum atomic E-state index is -2.00. The summed E-state index contributed by atoms with van der Waals surface area (Å²) in [5.41, 5.74) is -0.680. The van der Waals surface area contributed by atoms with E-state index in [0.29, 0.717) is 28.4 Å². The van der Waals surface area contributed by atoms with Gasteiger partial charge in [-0.25, -0.2) is 14.2 Å². The number of aryl methyl sites for hydroxylation is 1. The maximum atomic E-state index is 16.2. The number of methoxy groups -OCH3 is 1. The normalized spacial score (nSPS) is 14.5. The summed E-state index contributed by atoms with van der Waals surface area (Å²) < 4.78 is 29.7. The van der Waals surface area contributed by atoms with Crippen LogP contribution >= 0.6 is 11.6 Å². The number of hydrogen-bond donors (Lipinski definition) is 0. The molecule has 0 N–H and O–H groups in total. The maximum absolute atomic E-state index is 16.2. The highest BCUT2D eigenvalue weighted by Crippen LogP contribution is 2.39. The lowest BCUT2D eigenvalue weighted by molar-refractivity contribution is -0.0578. The summed E-state index contributed by atoms with van der Waals surface area (Å²) in [5, 5.41) is 0.180. The monoisotopic (exact) mass is 665 g/mol. The molecule has 12 heteroatoms. The van der Waals surface area contributed by atoms with Crippen molar-refractivity contribution in [1.82, 2.24) is 24.0 Å². The highest BCUT2D eigenvalue weighted by atomic mass is 35.5. The van der Waals surface area contributed by atoms with Crippen molar-refractivity contribution in [2.45, 2.75) is 85.0 Å². The average Bonchev–Trinajstić information content (AvgIpc) is 2.97. The molecular weight excluding hydrogens is 625 g/mol. The average molecular weight is 666 g/mol. The fourth-order valence-electron chi connectivity index (χ4n) is 6.00. The Kier molecular flexibility index (Phi) is 9.00. The van der Waals surface area contributed by atoms with Crippen molar-refractivity contribution in [2.24, 2.45) is 0 Å². The van der Waals surface area contributed by atoms with Gasteiger partial charge in [0.05, 0.1) is 54.4 Å². The number of rotatable bonds is 7. The Balaban J connectivity index is 1.80. The predicted octanol–water partition coefficient (Wildman–Crippen LogP) is 6.79. The van der Waals surface area contributed by atoms with Gasteiger partial charge in [-0.15, -0.1) is 0 Å². The number of aromatic nitrogens is 4. The van der Waals surface area contributed by atoms with Crippen molar-refractivity contribution >= 4 is 28.9 Å². The number of fused-ring (bicyclic) bond motifs is 1. The molecule has 47 heavy (non-hydrogen) atoms. The molecular formula is C35H41ClFN5O5. The molecule has 1 aliphatic rings. The van der Waals surface area contributed by atoms with Gasteiger partial charge in [0.1, 0.15) is 11.4 Å². The largest absolute Gasteiger partial charge is 0.496 e. The van der Waals surface area contributed by atoms with Gasteiger partial charge >= 0.3 is 17.2 Å². The van der Waals surface area contributed by atoms with E-state index in [9.17, 15) is 14.4 Å². The van der Waals surface area contributed by atoms with Crippen molar-refractivity contribution in [3.05, 3.63) is 79.1 Å². The van der Waals surface area contributed by atoms with E-state index in [1.54, 1.807) is 40.1 Å². The molecule has 0 radical (unpaired) electrons. The van der Waals surface area contributed by atoms with Crippen LogP contribution < -0.4 is 15.9 Å². The van der Waals surface area contributed by atoms with E-state index in [-0.39, 0.29) is 41.1 Å². The second-order valence-corrected chi connectivity index (χ2v) is 14.2. The fraction of sp³-hybridized carbons (Fsp3) is 0.457. The predicted molar refractivity (Wildman–Crippen MR) is 181 cm³/mol. The highest BCUT2D eigenvalue weighted by Gasteiger charge is 2.48. The molecule has 0 saturated carbocycles. The lowest BCUT2D eigenvalue weighted by Crippen LogP contribution is -2.64. The van der Waals surface area contributed by atoms with Gasteiger partial charge < -0.3 is 14.4 Å². The zero-order valence-corrected chi connectivity index (χ0v) is 29.0. The lowest BCUT2D eigenvalue weighted by Gasteiger charge is -2.44. The van der Waals surface area contributed by atoms with E-state index in [0.717, 1.165) is 15.7 Å². The standard InChI is InChI=1S/C35H41ClFN5O5/c1-19(2)22-13-14-38-27(20(3)4)29(22)42-30-24(15-23(36)28(39-30)26-21(5)11-10-12-25(26)46-9)41(31(43)32(42)44)18-35(37)16-40(17-35)33(45)47-34(6,7)8/h10-15,19-20H,16-18H2,1-9H3. The Labute approximate surface area is 278 Å². The van der Waals surface area contributed by atoms with E-state index in [1.165, 1.54) is 15.5 Å². The number of carbonyl (C=O) groups is 1. The molecule has 1 aromatic carbocycles. The first-order valence-corrected chi connectivity index (χ1v) is 16.0. The van der Waals surface area contributed by atoms with Crippen LogP contribution in [-0.4, -0.2) is 61.6 Å². The molecule has 4 aromatic rings. The first kappa shape index (κ1) is 34.1. The van der Waals surface area contributed by atoms with Crippen molar-refractivity contribution in [3.8, 4) is 22.7 Å². The molecule has 0 atom stereocenters. The maximum Gasteiger partial charge on any atom is 0.410 e. The van der Waals surface area contributed by atoms with Gasteiger partial charge in [-0.2, -0.15) is 0 Å². The quantitative estimate of drug-likeness (QED) is 0.200. The number of halogens is 2. The molecule has 4 heterocycles. The number of carbonyl (C=O) groups excluding carboxylic acids is 1. The summed E-state index contributed by atoms with van der Waals surface area (Å²) in [7, 11) is 1.54. The molecule has 5 rings (SSSR count). The Morgan fingerprint density at radius 3 is 2.36 bits per heavy atom. The molecule has 1 fully saturated rings. The molecule has 0 bridgehead atoms. The number of likely N-dealkylation sites (tertiary alicyclic amines) is 1. The van der Waals surface area contributed by atoms with Crippen LogP contribution in [-0.2, 0) is 11.3 Å². The summed E-state index contributed by atoms with van der Waals surface area (Å²) in [6.45, 7) is 13.8. The number of nitrogens with zero attached hydrogens (tertiary/aromatic N) is 5. The van der Waals surface area contributed by atoms with Crippen LogP contribution in [0.25, 0.3) is 28.1 Å². The van der Waals surface area contributed by atoms with Crippen LogP contribution in [0.3, 0.4) is 0 Å². The highest BCUT2D eigenvalue weighted by molar-refractivity contribution is 6.33. The van der Waals surface area contributed by atoms with Gasteiger partial charge in [0.2, 0.25) is 0 Å². The topological polar surface area (TPSA) is 109 Å². The van der Waals surface area contributed by atoms with Gasteiger partial charge in [0.15, 0.2) is 11.3 Å². The second kappa shape index (κ2) is 12.4. The summed E-state index contributed by atoms with van der Waals surface area (Å²) in [6.07, 6.45) is 1.04. The van der Waals surface area contributed by atoms with Gasteiger partial charge in [-0.3, -0.25) is 23.7 Å². The molecule has 250 valence electrons. The van der Waals surface area contributed by atoms with Gasteiger partial charge in [-0.1, -0.05) is 51.4 Å². The van der Waals surface area contributed by atoms with E-state index < -0.39 is 35.0 Å². The van der Waals surface area contributed by atoms with E-state index >= 15 is 4.39 Å². The molecule has 0 aliphatic carbocycles. The molecule has 1 amide bonds. The number of hydrogen-bond acceptors (Lipinski definition) is 7. The Bertz CT molecular complexity index is 1960. The van der Waals surface area contributed by atoms with Crippen molar-refractivity contribution in [1.29, 1.82) is 0 Å². The number of amides is 1. The van der Waals surface area contributed by atoms with Crippen LogP contribution in [0, 0.1) is 6.92 Å². The van der Waals surface area contributed by atoms with E-state index in [4.69, 9.17) is 26.1 Å². The lowest BCUT2D eigenvalue weighted by atomic mass is 9.96. The minimum absolute atomic E-state index is 0.0407. The zero-order chi connectivity index (χ0) is 34.6. The number of benzene rings is 1. The van der Waals surface area contributed by atoms with E-state index in [1.807, 2.05) is 52.8 Å². The van der Waals surface area contributed by atoms with Gasteiger partial charge in [0, 0.05) is 11.8 Å². The third kappa shape index (κ3) is 6.37. The number of alkyl halides is 1. The molecule has 1 saturated heterocycles. The van der Waals surface area contributed by atoms with Crippen LogP contribution in [0.1, 0.15) is 77.1 Å². The van der Waals surface area contributed by atoms with E-state index in [2.05, 4.69) is 4.98 Å². The van der Waals surface area contributed by atoms with Gasteiger partial charge in [0.25, 0.3) is 0 Å². The molecule has 3 aromatic heterocycles. The first-order valence-electron chi connectivity index (χ1n) is 15.6. The number of ether oxygens (including phenoxy) is 2. The van der Waals surface area contributed by atoms with Crippen molar-refractivity contribution < 1.29 is 18.7 Å². The molecule has 10 nitrogen and oxygen atoms in total. The second-order valence-electron chi connectivity index (χ2n) is 13.8. The van der Waals surface area contributed by atoms with Crippen LogP contribution in [0.4, 0.5) is 9.18 Å².